The van der Waals surface area contributed by atoms with Gasteiger partial charge in [0.05, 0.1) is 0 Å². The first-order chi connectivity index (χ1) is 10.5. The number of hydrogen-bond donors (Lipinski definition) is 1. The van der Waals surface area contributed by atoms with Gasteiger partial charge < -0.3 is 10.2 Å². The second-order valence-electron chi connectivity index (χ2n) is 4.99. The van der Waals surface area contributed by atoms with E-state index in [0.29, 0.717) is 10.7 Å². The van der Waals surface area contributed by atoms with Gasteiger partial charge in [-0.05, 0) is 56.7 Å². The largest absolute Gasteiger partial charge is 0.372 e. The van der Waals surface area contributed by atoms with Crippen LogP contribution in [0.5, 0.6) is 0 Å². The quantitative estimate of drug-likeness (QED) is 0.843. The second-order valence-corrected chi connectivity index (χ2v) is 5.38. The lowest BCUT2D eigenvalue weighted by Gasteiger charge is -2.22. The summed E-state index contributed by atoms with van der Waals surface area (Å²) in [5.41, 5.74) is 3.48. The Labute approximate surface area is 136 Å². The number of amides is 1. The summed E-state index contributed by atoms with van der Waals surface area (Å²) in [5, 5.41) is 3.22. The predicted molar refractivity (Wildman–Crippen MR) is 91.9 cm³/mol. The smallest absolute Gasteiger partial charge is 0.255 e. The molecule has 4 nitrogen and oxygen atoms in total. The topological polar surface area (TPSA) is 45.2 Å². The molecular weight excluding hydrogens is 298 g/mol. The van der Waals surface area contributed by atoms with E-state index in [9.17, 15) is 4.79 Å². The van der Waals surface area contributed by atoms with Crippen molar-refractivity contribution in [3.8, 4) is 0 Å². The summed E-state index contributed by atoms with van der Waals surface area (Å²) in [6.07, 6.45) is 1.52. The molecule has 0 saturated heterocycles. The maximum atomic E-state index is 12.2. The van der Waals surface area contributed by atoms with Crippen molar-refractivity contribution in [1.29, 1.82) is 0 Å². The summed E-state index contributed by atoms with van der Waals surface area (Å²) in [7, 11) is 0. The number of pyridine rings is 1. The maximum Gasteiger partial charge on any atom is 0.255 e. The number of aromatic nitrogens is 1. The first kappa shape index (κ1) is 16.3. The van der Waals surface area contributed by atoms with Crippen molar-refractivity contribution in [3.63, 3.8) is 0 Å². The minimum Gasteiger partial charge on any atom is -0.372 e. The third-order valence-corrected chi connectivity index (χ3v) is 3.78. The molecule has 2 rings (SSSR count). The van der Waals surface area contributed by atoms with E-state index in [2.05, 4.69) is 35.1 Å². The molecule has 1 aromatic heterocycles. The molecule has 22 heavy (non-hydrogen) atoms. The van der Waals surface area contributed by atoms with Gasteiger partial charge in [-0.1, -0.05) is 11.6 Å². The van der Waals surface area contributed by atoms with E-state index >= 15 is 0 Å². The Kier molecular flexibility index (Phi) is 5.39. The zero-order valence-electron chi connectivity index (χ0n) is 13.1. The molecule has 0 aliphatic heterocycles. The van der Waals surface area contributed by atoms with Crippen molar-refractivity contribution in [1.82, 2.24) is 4.98 Å². The van der Waals surface area contributed by atoms with Gasteiger partial charge in [-0.3, -0.25) is 4.79 Å². The molecule has 0 radical (unpaired) electrons. The highest BCUT2D eigenvalue weighted by Gasteiger charge is 2.10. The molecule has 1 amide bonds. The van der Waals surface area contributed by atoms with Gasteiger partial charge in [-0.2, -0.15) is 0 Å². The normalized spacial score (nSPS) is 10.4. The van der Waals surface area contributed by atoms with Crippen LogP contribution in [0.4, 0.5) is 11.4 Å². The Morgan fingerprint density at radius 3 is 2.55 bits per heavy atom. The monoisotopic (exact) mass is 317 g/mol. The van der Waals surface area contributed by atoms with Crippen LogP contribution in [0.2, 0.25) is 5.15 Å². The average Bonchev–Trinajstić information content (AvgIpc) is 2.51. The van der Waals surface area contributed by atoms with Gasteiger partial charge in [0.2, 0.25) is 0 Å². The van der Waals surface area contributed by atoms with Crippen LogP contribution in [0, 0.1) is 6.92 Å². The van der Waals surface area contributed by atoms with Crippen LogP contribution in [0.25, 0.3) is 0 Å². The molecule has 0 spiro atoms. The first-order valence-corrected chi connectivity index (χ1v) is 7.71. The lowest BCUT2D eigenvalue weighted by molar-refractivity contribution is 0.102. The third-order valence-electron chi connectivity index (χ3n) is 3.58. The van der Waals surface area contributed by atoms with Gasteiger partial charge in [0.25, 0.3) is 5.91 Å². The molecule has 116 valence electrons. The molecule has 0 unspecified atom stereocenters. The number of anilines is 2. The fourth-order valence-corrected chi connectivity index (χ4v) is 2.49. The summed E-state index contributed by atoms with van der Waals surface area (Å²) in [6, 6.07) is 9.23. The van der Waals surface area contributed by atoms with E-state index in [1.807, 2.05) is 19.1 Å². The fraction of sp³-hybridized carbons (Fsp3) is 0.294. The van der Waals surface area contributed by atoms with Gasteiger partial charge in [0.1, 0.15) is 5.15 Å². The van der Waals surface area contributed by atoms with Gasteiger partial charge in [0, 0.05) is 36.2 Å². The minimum atomic E-state index is -0.192. The number of nitrogens with one attached hydrogen (secondary N) is 1. The molecule has 2 aromatic rings. The Morgan fingerprint density at radius 2 is 1.95 bits per heavy atom. The zero-order chi connectivity index (χ0) is 16.1. The van der Waals surface area contributed by atoms with E-state index in [4.69, 9.17) is 11.6 Å². The molecule has 0 aliphatic rings. The van der Waals surface area contributed by atoms with Gasteiger partial charge in [-0.15, -0.1) is 0 Å². The highest BCUT2D eigenvalue weighted by atomic mass is 35.5. The van der Waals surface area contributed by atoms with E-state index in [-0.39, 0.29) is 5.91 Å². The third kappa shape index (κ3) is 3.77. The van der Waals surface area contributed by atoms with Crippen molar-refractivity contribution in [2.45, 2.75) is 20.8 Å². The molecule has 1 aromatic carbocycles. The summed E-state index contributed by atoms with van der Waals surface area (Å²) < 4.78 is 0. The SMILES string of the molecule is CCN(CC)c1ccc(NC(=O)c2ccnc(Cl)c2)c(C)c1. The molecule has 1 heterocycles. The van der Waals surface area contributed by atoms with Crippen LogP contribution in [-0.2, 0) is 0 Å². The van der Waals surface area contributed by atoms with Crippen LogP contribution >= 0.6 is 11.6 Å². The van der Waals surface area contributed by atoms with Crippen molar-refractivity contribution < 1.29 is 4.79 Å². The lowest BCUT2D eigenvalue weighted by Crippen LogP contribution is -2.22. The molecule has 0 bridgehead atoms. The summed E-state index contributed by atoms with van der Waals surface area (Å²) >= 11 is 5.81. The number of carbonyl (C=O) groups is 1. The molecule has 0 aliphatic carbocycles. The zero-order valence-corrected chi connectivity index (χ0v) is 13.8. The standard InChI is InChI=1S/C17H20ClN3O/c1-4-21(5-2)14-6-7-15(12(3)10-14)20-17(22)13-8-9-19-16(18)11-13/h6-11H,4-5H2,1-3H3,(H,20,22). The highest BCUT2D eigenvalue weighted by molar-refractivity contribution is 6.29. The fourth-order valence-electron chi connectivity index (χ4n) is 2.31. The molecule has 1 N–H and O–H groups in total. The summed E-state index contributed by atoms with van der Waals surface area (Å²) in [6.45, 7) is 8.15. The van der Waals surface area contributed by atoms with Crippen LogP contribution in [0.3, 0.4) is 0 Å². The van der Waals surface area contributed by atoms with Crippen molar-refractivity contribution >= 4 is 28.9 Å². The van der Waals surface area contributed by atoms with E-state index in [1.165, 1.54) is 6.20 Å². The molecule has 5 heteroatoms. The number of halogens is 1. The Bertz CT molecular complexity index is 669. The number of carbonyl (C=O) groups excluding carboxylic acids is 1. The van der Waals surface area contributed by atoms with Crippen molar-refractivity contribution in [3.05, 3.63) is 52.8 Å². The lowest BCUT2D eigenvalue weighted by atomic mass is 10.1. The number of rotatable bonds is 5. The Morgan fingerprint density at radius 1 is 1.23 bits per heavy atom. The van der Waals surface area contributed by atoms with Gasteiger partial charge in [-0.25, -0.2) is 4.98 Å². The van der Waals surface area contributed by atoms with Crippen LogP contribution < -0.4 is 10.2 Å². The number of benzene rings is 1. The van der Waals surface area contributed by atoms with Crippen LogP contribution in [0.15, 0.2) is 36.5 Å². The summed E-state index contributed by atoms with van der Waals surface area (Å²) in [5.74, 6) is -0.192. The minimum absolute atomic E-state index is 0.192. The molecular formula is C17H20ClN3O. The molecule has 0 atom stereocenters. The average molecular weight is 318 g/mol. The van der Waals surface area contributed by atoms with Crippen molar-refractivity contribution in [2.75, 3.05) is 23.3 Å². The Balaban J connectivity index is 2.18. The van der Waals surface area contributed by atoms with Crippen LogP contribution in [-0.4, -0.2) is 24.0 Å². The second kappa shape index (κ2) is 7.27. The highest BCUT2D eigenvalue weighted by Crippen LogP contribution is 2.23. The van der Waals surface area contributed by atoms with Gasteiger partial charge in [0.15, 0.2) is 0 Å². The van der Waals surface area contributed by atoms with E-state index < -0.39 is 0 Å². The first-order valence-electron chi connectivity index (χ1n) is 7.33. The number of aryl methyl sites for hydroxylation is 1. The molecule has 0 saturated carbocycles. The van der Waals surface area contributed by atoms with E-state index in [1.54, 1.807) is 12.1 Å². The summed E-state index contributed by atoms with van der Waals surface area (Å²) in [4.78, 5) is 18.4. The van der Waals surface area contributed by atoms with Crippen molar-refractivity contribution in [2.24, 2.45) is 0 Å². The maximum absolute atomic E-state index is 12.2. The van der Waals surface area contributed by atoms with Crippen LogP contribution in [0.1, 0.15) is 29.8 Å². The van der Waals surface area contributed by atoms with E-state index in [0.717, 1.165) is 30.0 Å². The number of hydrogen-bond acceptors (Lipinski definition) is 3. The predicted octanol–water partition coefficient (Wildman–Crippen LogP) is 4.14. The number of nitrogens with zero attached hydrogens (tertiary/aromatic N) is 2. The Hall–Kier alpha value is -2.07. The molecule has 0 fully saturated rings. The van der Waals surface area contributed by atoms with Gasteiger partial charge >= 0.3 is 0 Å².